The predicted molar refractivity (Wildman–Crippen MR) is 91.7 cm³/mol. The highest BCUT2D eigenvalue weighted by molar-refractivity contribution is 5.93. The highest BCUT2D eigenvalue weighted by atomic mass is 16.2. The minimum Gasteiger partial charge on any atom is -0.338 e. The molecule has 0 N–H and O–H groups in total. The highest BCUT2D eigenvalue weighted by Gasteiger charge is 2.18. The van der Waals surface area contributed by atoms with E-state index in [4.69, 9.17) is 0 Å². The second-order valence-corrected chi connectivity index (χ2v) is 5.69. The molecule has 0 aromatic heterocycles. The molecule has 1 amide bonds. The van der Waals surface area contributed by atoms with E-state index < -0.39 is 0 Å². The average Bonchev–Trinajstić information content (AvgIpc) is 2.61. The Kier molecular flexibility index (Phi) is 4.67. The van der Waals surface area contributed by atoms with Crippen molar-refractivity contribution in [3.05, 3.63) is 66.2 Å². The van der Waals surface area contributed by atoms with Gasteiger partial charge >= 0.3 is 0 Å². The van der Waals surface area contributed by atoms with Gasteiger partial charge in [0.1, 0.15) is 5.78 Å². The zero-order valence-electron chi connectivity index (χ0n) is 12.9. The first-order valence-corrected chi connectivity index (χ1v) is 7.86. The molecule has 0 aliphatic carbocycles. The van der Waals surface area contributed by atoms with Crippen molar-refractivity contribution >= 4 is 17.8 Å². The summed E-state index contributed by atoms with van der Waals surface area (Å²) in [5, 5.41) is 0. The van der Waals surface area contributed by atoms with Gasteiger partial charge in [0.15, 0.2) is 0 Å². The molecule has 0 radical (unpaired) electrons. The van der Waals surface area contributed by atoms with Gasteiger partial charge in [-0.05, 0) is 22.8 Å². The first-order chi connectivity index (χ1) is 11.2. The lowest BCUT2D eigenvalue weighted by molar-refractivity contribution is -0.130. The standard InChI is InChI=1S/C20H19NO2/c22-19-12-14-21(15-13-19)20(23)11-8-16-6-9-18(10-7-16)17-4-2-1-3-5-17/h1-11H,12-15H2/b11-8+. The van der Waals surface area contributed by atoms with Crippen LogP contribution in [0.2, 0.25) is 0 Å². The summed E-state index contributed by atoms with van der Waals surface area (Å²) in [6.45, 7) is 1.07. The van der Waals surface area contributed by atoms with E-state index in [1.54, 1.807) is 11.0 Å². The highest BCUT2D eigenvalue weighted by Crippen LogP contribution is 2.19. The van der Waals surface area contributed by atoms with Gasteiger partial charge in [0.2, 0.25) is 5.91 Å². The topological polar surface area (TPSA) is 37.4 Å². The van der Waals surface area contributed by atoms with Crippen LogP contribution >= 0.6 is 0 Å². The van der Waals surface area contributed by atoms with Gasteiger partial charge in [-0.15, -0.1) is 0 Å². The summed E-state index contributed by atoms with van der Waals surface area (Å²) < 4.78 is 0. The molecule has 1 saturated heterocycles. The number of ketones is 1. The molecule has 0 spiro atoms. The number of benzene rings is 2. The Morgan fingerprint density at radius 2 is 1.48 bits per heavy atom. The lowest BCUT2D eigenvalue weighted by atomic mass is 10.0. The number of likely N-dealkylation sites (tertiary alicyclic amines) is 1. The monoisotopic (exact) mass is 305 g/mol. The fraction of sp³-hybridized carbons (Fsp3) is 0.200. The van der Waals surface area contributed by atoms with Crippen molar-refractivity contribution in [2.45, 2.75) is 12.8 Å². The van der Waals surface area contributed by atoms with Gasteiger partial charge in [0.05, 0.1) is 0 Å². The molecule has 3 heteroatoms. The van der Waals surface area contributed by atoms with Crippen LogP contribution in [-0.4, -0.2) is 29.7 Å². The van der Waals surface area contributed by atoms with Crippen molar-refractivity contribution < 1.29 is 9.59 Å². The van der Waals surface area contributed by atoms with Crippen molar-refractivity contribution in [2.75, 3.05) is 13.1 Å². The summed E-state index contributed by atoms with van der Waals surface area (Å²) in [4.78, 5) is 25.0. The Labute approximate surface area is 136 Å². The quantitative estimate of drug-likeness (QED) is 0.813. The van der Waals surface area contributed by atoms with Crippen molar-refractivity contribution in [2.24, 2.45) is 0 Å². The van der Waals surface area contributed by atoms with E-state index in [1.165, 1.54) is 5.56 Å². The van der Waals surface area contributed by atoms with Crippen molar-refractivity contribution in [3.63, 3.8) is 0 Å². The lowest BCUT2D eigenvalue weighted by Gasteiger charge is -2.24. The maximum absolute atomic E-state index is 12.1. The van der Waals surface area contributed by atoms with Gasteiger partial charge in [0.25, 0.3) is 0 Å². The molecule has 1 heterocycles. The number of hydrogen-bond acceptors (Lipinski definition) is 2. The van der Waals surface area contributed by atoms with Gasteiger partial charge in [-0.25, -0.2) is 0 Å². The van der Waals surface area contributed by atoms with Gasteiger partial charge in [-0.2, -0.15) is 0 Å². The van der Waals surface area contributed by atoms with Crippen LogP contribution < -0.4 is 0 Å². The van der Waals surface area contributed by atoms with E-state index in [1.807, 2.05) is 36.4 Å². The SMILES string of the molecule is O=C1CCN(C(=O)/C=C/c2ccc(-c3ccccc3)cc2)CC1. The second-order valence-electron chi connectivity index (χ2n) is 5.69. The van der Waals surface area contributed by atoms with Crippen molar-refractivity contribution in [3.8, 4) is 11.1 Å². The molecule has 1 aliphatic rings. The zero-order valence-corrected chi connectivity index (χ0v) is 12.9. The Hall–Kier alpha value is -2.68. The van der Waals surface area contributed by atoms with Gasteiger partial charge < -0.3 is 4.90 Å². The molecule has 23 heavy (non-hydrogen) atoms. The Morgan fingerprint density at radius 3 is 2.13 bits per heavy atom. The normalized spacial score (nSPS) is 15.1. The predicted octanol–water partition coefficient (Wildman–Crippen LogP) is 3.56. The molecule has 0 saturated carbocycles. The third kappa shape index (κ3) is 3.95. The number of rotatable bonds is 3. The number of carbonyl (C=O) groups excluding carboxylic acids is 2. The largest absolute Gasteiger partial charge is 0.338 e. The summed E-state index contributed by atoms with van der Waals surface area (Å²) in [7, 11) is 0. The third-order valence-electron chi connectivity index (χ3n) is 4.07. The Bertz CT molecular complexity index is 707. The molecule has 2 aromatic rings. The summed E-state index contributed by atoms with van der Waals surface area (Å²) in [6, 6.07) is 18.3. The molecule has 0 atom stereocenters. The number of piperidine rings is 1. The number of Topliss-reactive ketones (excluding diaryl/α,β-unsaturated/α-hetero) is 1. The maximum atomic E-state index is 12.1. The fourth-order valence-corrected chi connectivity index (χ4v) is 2.67. The van der Waals surface area contributed by atoms with Gasteiger partial charge in [-0.1, -0.05) is 54.6 Å². The maximum Gasteiger partial charge on any atom is 0.246 e. The number of nitrogens with zero attached hydrogens (tertiary/aromatic N) is 1. The van der Waals surface area contributed by atoms with Crippen LogP contribution in [0.5, 0.6) is 0 Å². The minimum atomic E-state index is -0.0235. The fourth-order valence-electron chi connectivity index (χ4n) is 2.67. The second kappa shape index (κ2) is 7.05. The van der Waals surface area contributed by atoms with E-state index in [-0.39, 0.29) is 11.7 Å². The Morgan fingerprint density at radius 1 is 0.870 bits per heavy atom. The van der Waals surface area contributed by atoms with Crippen LogP contribution in [-0.2, 0) is 9.59 Å². The molecular weight excluding hydrogens is 286 g/mol. The van der Waals surface area contributed by atoms with Crippen molar-refractivity contribution in [1.82, 2.24) is 4.90 Å². The summed E-state index contributed by atoms with van der Waals surface area (Å²) in [5.74, 6) is 0.221. The molecule has 3 nitrogen and oxygen atoms in total. The first-order valence-electron chi connectivity index (χ1n) is 7.86. The summed E-state index contributed by atoms with van der Waals surface area (Å²) in [5.41, 5.74) is 3.33. The van der Waals surface area contributed by atoms with Crippen LogP contribution in [0, 0.1) is 0 Å². The number of carbonyl (C=O) groups is 2. The first kappa shape index (κ1) is 15.2. The molecule has 116 valence electrons. The van der Waals surface area contributed by atoms with Crippen molar-refractivity contribution in [1.29, 1.82) is 0 Å². The molecule has 1 fully saturated rings. The molecule has 2 aromatic carbocycles. The third-order valence-corrected chi connectivity index (χ3v) is 4.07. The Balaban J connectivity index is 1.64. The van der Waals surface area contributed by atoms with Gasteiger partial charge in [-0.3, -0.25) is 9.59 Å². The van der Waals surface area contributed by atoms with E-state index in [2.05, 4.69) is 24.3 Å². The van der Waals surface area contributed by atoms with Crippen LogP contribution in [0.3, 0.4) is 0 Å². The lowest BCUT2D eigenvalue weighted by Crippen LogP contribution is -2.37. The summed E-state index contributed by atoms with van der Waals surface area (Å²) in [6.07, 6.45) is 4.37. The van der Waals surface area contributed by atoms with Crippen LogP contribution in [0.15, 0.2) is 60.7 Å². The smallest absolute Gasteiger partial charge is 0.246 e. The van der Waals surface area contributed by atoms with E-state index in [0.29, 0.717) is 25.9 Å². The van der Waals surface area contributed by atoms with Crippen LogP contribution in [0.4, 0.5) is 0 Å². The van der Waals surface area contributed by atoms with Crippen LogP contribution in [0.25, 0.3) is 17.2 Å². The number of amides is 1. The molecule has 1 aliphatic heterocycles. The molecule has 3 rings (SSSR count). The van der Waals surface area contributed by atoms with E-state index in [0.717, 1.165) is 11.1 Å². The molecular formula is C20H19NO2. The van der Waals surface area contributed by atoms with E-state index in [9.17, 15) is 9.59 Å². The average molecular weight is 305 g/mol. The van der Waals surface area contributed by atoms with Gasteiger partial charge in [0, 0.05) is 32.0 Å². The van der Waals surface area contributed by atoms with E-state index >= 15 is 0 Å². The molecule has 0 bridgehead atoms. The summed E-state index contributed by atoms with van der Waals surface area (Å²) >= 11 is 0. The number of hydrogen-bond donors (Lipinski definition) is 0. The minimum absolute atomic E-state index is 0.0235. The zero-order chi connectivity index (χ0) is 16.1. The van der Waals surface area contributed by atoms with Crippen LogP contribution in [0.1, 0.15) is 18.4 Å². The molecule has 0 unspecified atom stereocenters.